The van der Waals surface area contributed by atoms with Crippen molar-refractivity contribution < 1.29 is 4.74 Å². The Balaban J connectivity index is 2.07. The molecular formula is C14H13Br2NOS. The molecule has 0 bridgehead atoms. The van der Waals surface area contributed by atoms with Crippen LogP contribution in [0.4, 0.5) is 0 Å². The standard InChI is InChI=1S/C14H13Br2NOS/c1-7-4-11(19-14(7)16)12(17)10-6-9(15)5-8-2-3-18-13(8)10/h4-6,12H,2-3,17H2,1H3. The molecule has 0 radical (unpaired) electrons. The van der Waals surface area contributed by atoms with Crippen LogP contribution in [0.2, 0.25) is 0 Å². The minimum atomic E-state index is -0.139. The van der Waals surface area contributed by atoms with Gasteiger partial charge in [0.1, 0.15) is 5.75 Å². The molecule has 1 aromatic carbocycles. The molecule has 3 rings (SSSR count). The van der Waals surface area contributed by atoms with Gasteiger partial charge in [0.15, 0.2) is 0 Å². The topological polar surface area (TPSA) is 35.2 Å². The quantitative estimate of drug-likeness (QED) is 0.798. The van der Waals surface area contributed by atoms with E-state index in [0.717, 1.165) is 37.5 Å². The predicted octanol–water partition coefficient (Wildman–Crippen LogP) is 4.56. The number of halogens is 2. The van der Waals surface area contributed by atoms with Gasteiger partial charge < -0.3 is 10.5 Å². The second-order valence-electron chi connectivity index (χ2n) is 4.66. The largest absolute Gasteiger partial charge is 0.493 e. The zero-order valence-electron chi connectivity index (χ0n) is 10.4. The summed E-state index contributed by atoms with van der Waals surface area (Å²) in [6.07, 6.45) is 0.960. The molecule has 0 saturated carbocycles. The first-order valence-corrected chi connectivity index (χ1v) is 8.43. The Morgan fingerprint density at radius 3 is 2.79 bits per heavy atom. The second-order valence-corrected chi connectivity index (χ2v) is 7.98. The van der Waals surface area contributed by atoms with Crippen LogP contribution in [0.3, 0.4) is 0 Å². The van der Waals surface area contributed by atoms with Crippen molar-refractivity contribution in [3.8, 4) is 5.75 Å². The molecule has 2 N–H and O–H groups in total. The number of thiophene rings is 1. The van der Waals surface area contributed by atoms with Gasteiger partial charge in [-0.1, -0.05) is 15.9 Å². The summed E-state index contributed by atoms with van der Waals surface area (Å²) in [6.45, 7) is 2.83. The Morgan fingerprint density at radius 1 is 1.32 bits per heavy atom. The van der Waals surface area contributed by atoms with Crippen molar-refractivity contribution in [2.75, 3.05) is 6.61 Å². The molecule has 1 unspecified atom stereocenters. The summed E-state index contributed by atoms with van der Waals surface area (Å²) in [6, 6.07) is 6.19. The van der Waals surface area contributed by atoms with Crippen molar-refractivity contribution in [2.45, 2.75) is 19.4 Å². The van der Waals surface area contributed by atoms with Crippen LogP contribution in [0.15, 0.2) is 26.5 Å². The number of benzene rings is 1. The van der Waals surface area contributed by atoms with Gasteiger partial charge in [-0.2, -0.15) is 0 Å². The van der Waals surface area contributed by atoms with E-state index in [9.17, 15) is 0 Å². The molecule has 0 fully saturated rings. The SMILES string of the molecule is Cc1cc(C(N)c2cc(Br)cc3c2OCC3)sc1Br. The van der Waals surface area contributed by atoms with Crippen molar-refractivity contribution in [2.24, 2.45) is 5.73 Å². The third kappa shape index (κ3) is 2.49. The van der Waals surface area contributed by atoms with Crippen LogP contribution in [0.1, 0.15) is 27.6 Å². The minimum Gasteiger partial charge on any atom is -0.493 e. The van der Waals surface area contributed by atoms with Gasteiger partial charge >= 0.3 is 0 Å². The zero-order valence-corrected chi connectivity index (χ0v) is 14.4. The summed E-state index contributed by atoms with van der Waals surface area (Å²) in [5, 5.41) is 0. The molecule has 1 aliphatic rings. The monoisotopic (exact) mass is 401 g/mol. The van der Waals surface area contributed by atoms with Crippen LogP contribution in [0.5, 0.6) is 5.75 Å². The molecule has 0 spiro atoms. The number of hydrogen-bond acceptors (Lipinski definition) is 3. The van der Waals surface area contributed by atoms with Crippen LogP contribution >= 0.6 is 43.2 Å². The summed E-state index contributed by atoms with van der Waals surface area (Å²) in [5.41, 5.74) is 9.96. The molecule has 5 heteroatoms. The zero-order chi connectivity index (χ0) is 13.6. The van der Waals surface area contributed by atoms with Crippen molar-refractivity contribution in [3.63, 3.8) is 0 Å². The van der Waals surface area contributed by atoms with Crippen molar-refractivity contribution in [1.82, 2.24) is 0 Å². The molecule has 0 aliphatic carbocycles. The lowest BCUT2D eigenvalue weighted by Crippen LogP contribution is -2.11. The average molecular weight is 403 g/mol. The number of aryl methyl sites for hydroxylation is 1. The molecule has 2 nitrogen and oxygen atoms in total. The van der Waals surface area contributed by atoms with E-state index in [4.69, 9.17) is 10.5 Å². The smallest absolute Gasteiger partial charge is 0.127 e. The molecule has 0 amide bonds. The van der Waals surface area contributed by atoms with Gasteiger partial charge in [0.25, 0.3) is 0 Å². The highest BCUT2D eigenvalue weighted by Crippen LogP contribution is 2.40. The van der Waals surface area contributed by atoms with Crippen LogP contribution < -0.4 is 10.5 Å². The first kappa shape index (κ1) is 13.6. The molecular weight excluding hydrogens is 390 g/mol. The summed E-state index contributed by atoms with van der Waals surface area (Å²) in [5.74, 6) is 0.970. The van der Waals surface area contributed by atoms with Crippen LogP contribution in [0.25, 0.3) is 0 Å². The van der Waals surface area contributed by atoms with Crippen molar-refractivity contribution in [3.05, 3.63) is 48.0 Å². The van der Waals surface area contributed by atoms with E-state index in [2.05, 4.69) is 57.0 Å². The molecule has 19 heavy (non-hydrogen) atoms. The lowest BCUT2D eigenvalue weighted by molar-refractivity contribution is 0.352. The molecule has 2 aromatic rings. The highest BCUT2D eigenvalue weighted by Gasteiger charge is 2.23. The van der Waals surface area contributed by atoms with Crippen LogP contribution in [0, 0.1) is 6.92 Å². The van der Waals surface area contributed by atoms with Gasteiger partial charge in [-0.15, -0.1) is 11.3 Å². The van der Waals surface area contributed by atoms with E-state index in [-0.39, 0.29) is 6.04 Å². The number of nitrogens with two attached hydrogens (primary N) is 1. The second kappa shape index (κ2) is 5.20. The maximum Gasteiger partial charge on any atom is 0.127 e. The first-order chi connectivity index (χ1) is 9.06. The maximum atomic E-state index is 6.43. The summed E-state index contributed by atoms with van der Waals surface area (Å²) in [7, 11) is 0. The minimum absolute atomic E-state index is 0.139. The Labute approximate surface area is 133 Å². The van der Waals surface area contributed by atoms with E-state index in [1.807, 2.05) is 0 Å². The lowest BCUT2D eigenvalue weighted by Gasteiger charge is -2.15. The van der Waals surface area contributed by atoms with Crippen molar-refractivity contribution >= 4 is 43.2 Å². The molecule has 0 saturated heterocycles. The number of hydrogen-bond donors (Lipinski definition) is 1. The van der Waals surface area contributed by atoms with Gasteiger partial charge in [0.05, 0.1) is 16.4 Å². The van der Waals surface area contributed by atoms with E-state index in [1.54, 1.807) is 11.3 Å². The van der Waals surface area contributed by atoms with Crippen molar-refractivity contribution in [1.29, 1.82) is 0 Å². The van der Waals surface area contributed by atoms with Gasteiger partial charge in [-0.3, -0.25) is 0 Å². The Kier molecular flexibility index (Phi) is 3.73. The predicted molar refractivity (Wildman–Crippen MR) is 86.1 cm³/mol. The third-order valence-corrected chi connectivity index (χ3v) is 5.97. The van der Waals surface area contributed by atoms with E-state index >= 15 is 0 Å². The Hall–Kier alpha value is -0.360. The summed E-state index contributed by atoms with van der Waals surface area (Å²) in [4.78, 5) is 1.15. The third-order valence-electron chi connectivity index (χ3n) is 3.29. The maximum absolute atomic E-state index is 6.43. The Bertz CT molecular complexity index is 619. The van der Waals surface area contributed by atoms with E-state index in [1.165, 1.54) is 11.1 Å². The molecule has 1 aliphatic heterocycles. The summed E-state index contributed by atoms with van der Waals surface area (Å²) >= 11 is 8.80. The fourth-order valence-corrected chi connectivity index (χ4v) is 4.43. The van der Waals surface area contributed by atoms with Gasteiger partial charge in [0, 0.05) is 21.3 Å². The lowest BCUT2D eigenvalue weighted by atomic mass is 10.0. The highest BCUT2D eigenvalue weighted by atomic mass is 79.9. The van der Waals surface area contributed by atoms with Gasteiger partial charge in [-0.05, 0) is 52.2 Å². The normalized spacial score (nSPS) is 15.2. The fraction of sp³-hybridized carbons (Fsp3) is 0.286. The van der Waals surface area contributed by atoms with Crippen LogP contribution in [-0.2, 0) is 6.42 Å². The highest BCUT2D eigenvalue weighted by molar-refractivity contribution is 9.11. The molecule has 2 heterocycles. The van der Waals surface area contributed by atoms with Crippen LogP contribution in [-0.4, -0.2) is 6.61 Å². The van der Waals surface area contributed by atoms with Gasteiger partial charge in [-0.25, -0.2) is 0 Å². The molecule has 100 valence electrons. The number of rotatable bonds is 2. The Morgan fingerprint density at radius 2 is 2.11 bits per heavy atom. The van der Waals surface area contributed by atoms with E-state index < -0.39 is 0 Å². The summed E-state index contributed by atoms with van der Waals surface area (Å²) < 4.78 is 7.96. The first-order valence-electron chi connectivity index (χ1n) is 6.03. The molecule has 1 atom stereocenters. The van der Waals surface area contributed by atoms with E-state index in [0.29, 0.717) is 0 Å². The fourth-order valence-electron chi connectivity index (χ4n) is 2.32. The number of ether oxygens (including phenoxy) is 1. The number of fused-ring (bicyclic) bond motifs is 1. The molecule has 1 aromatic heterocycles. The average Bonchev–Trinajstić information content (AvgIpc) is 2.95. The van der Waals surface area contributed by atoms with Gasteiger partial charge in [0.2, 0.25) is 0 Å².